The van der Waals surface area contributed by atoms with Crippen LogP contribution >= 0.6 is 0 Å². The van der Waals surface area contributed by atoms with Crippen LogP contribution in [-0.2, 0) is 15.1 Å². The first kappa shape index (κ1) is 15.6. The molecule has 0 spiro atoms. The number of benzene rings is 1. The number of aliphatic carboxylic acids is 1. The minimum atomic E-state index is -1.21. The molecule has 116 valence electrons. The normalized spacial score (nSPS) is 16.9. The molecule has 1 aromatic carbocycles. The van der Waals surface area contributed by atoms with Crippen LogP contribution in [0.5, 0.6) is 11.5 Å². The first-order valence-corrected chi connectivity index (χ1v) is 6.95. The predicted octanol–water partition coefficient (Wildman–Crippen LogP) is 1.38. The molecule has 0 amide bonds. The van der Waals surface area contributed by atoms with Gasteiger partial charge in [-0.1, -0.05) is 6.07 Å². The lowest BCUT2D eigenvalue weighted by atomic mass is 9.91. The molecule has 0 aliphatic carbocycles. The van der Waals surface area contributed by atoms with E-state index in [0.29, 0.717) is 43.4 Å². The average molecular weight is 295 g/mol. The summed E-state index contributed by atoms with van der Waals surface area (Å²) in [5.41, 5.74) is -0.584. The molecule has 1 heterocycles. The topological polar surface area (TPSA) is 77.0 Å². The molecule has 1 unspecified atom stereocenters. The zero-order valence-electron chi connectivity index (χ0n) is 12.3. The van der Waals surface area contributed by atoms with Gasteiger partial charge >= 0.3 is 5.97 Å². The van der Waals surface area contributed by atoms with Crippen molar-refractivity contribution in [3.8, 4) is 11.5 Å². The van der Waals surface area contributed by atoms with Crippen molar-refractivity contribution in [2.24, 2.45) is 0 Å². The zero-order valence-corrected chi connectivity index (χ0v) is 12.3. The highest BCUT2D eigenvalue weighted by Crippen LogP contribution is 2.34. The number of carbonyl (C=O) groups is 1. The van der Waals surface area contributed by atoms with Crippen LogP contribution < -0.4 is 14.8 Å². The molecule has 1 aliphatic rings. The van der Waals surface area contributed by atoms with Gasteiger partial charge in [-0.15, -0.1) is 0 Å². The average Bonchev–Trinajstić information content (AvgIpc) is 2.71. The number of methoxy groups -OCH3 is 1. The molecule has 0 fully saturated rings. The van der Waals surface area contributed by atoms with E-state index in [4.69, 9.17) is 14.2 Å². The largest absolute Gasteiger partial charge is 0.490 e. The van der Waals surface area contributed by atoms with Crippen LogP contribution in [-0.4, -0.2) is 44.6 Å². The summed E-state index contributed by atoms with van der Waals surface area (Å²) in [6.45, 7) is 3.68. The van der Waals surface area contributed by atoms with Gasteiger partial charge in [0.2, 0.25) is 0 Å². The highest BCUT2D eigenvalue weighted by atomic mass is 16.5. The predicted molar refractivity (Wildman–Crippen MR) is 76.9 cm³/mol. The molecule has 0 saturated carbocycles. The van der Waals surface area contributed by atoms with Gasteiger partial charge in [-0.25, -0.2) is 4.79 Å². The summed E-state index contributed by atoms with van der Waals surface area (Å²) in [6.07, 6.45) is 0.812. The van der Waals surface area contributed by atoms with Crippen molar-refractivity contribution in [1.29, 1.82) is 0 Å². The minimum Gasteiger partial charge on any atom is -0.490 e. The fourth-order valence-corrected chi connectivity index (χ4v) is 2.18. The van der Waals surface area contributed by atoms with Crippen LogP contribution in [0.1, 0.15) is 18.9 Å². The van der Waals surface area contributed by atoms with Gasteiger partial charge < -0.3 is 19.3 Å². The fraction of sp³-hybridized carbons (Fsp3) is 0.533. The molecule has 0 saturated heterocycles. The monoisotopic (exact) mass is 295 g/mol. The Kier molecular flexibility index (Phi) is 5.03. The Morgan fingerprint density at radius 1 is 1.38 bits per heavy atom. The maximum absolute atomic E-state index is 11.7. The van der Waals surface area contributed by atoms with Gasteiger partial charge in [-0.3, -0.25) is 5.32 Å². The van der Waals surface area contributed by atoms with E-state index in [1.165, 1.54) is 0 Å². The van der Waals surface area contributed by atoms with Crippen LogP contribution in [0.25, 0.3) is 0 Å². The number of carboxylic acid groups (broad SMARTS) is 1. The minimum absolute atomic E-state index is 0.438. The Bertz CT molecular complexity index is 505. The fourth-order valence-electron chi connectivity index (χ4n) is 2.18. The summed E-state index contributed by atoms with van der Waals surface area (Å²) in [6, 6.07) is 5.24. The quantitative estimate of drug-likeness (QED) is 0.772. The molecular weight excluding hydrogens is 274 g/mol. The Hall–Kier alpha value is -1.79. The standard InChI is InChI=1S/C15H21NO5/c1-15(14(17)18,16-6-9-19-2)11-4-5-12-13(10-11)21-8-3-7-20-12/h4-5,10,16H,3,6-9H2,1-2H3,(H,17,18). The van der Waals surface area contributed by atoms with E-state index >= 15 is 0 Å². The number of nitrogens with one attached hydrogen (secondary N) is 1. The van der Waals surface area contributed by atoms with Gasteiger partial charge in [0.05, 0.1) is 19.8 Å². The molecule has 0 radical (unpaired) electrons. The highest BCUT2D eigenvalue weighted by Gasteiger charge is 2.35. The first-order chi connectivity index (χ1) is 10.1. The molecule has 21 heavy (non-hydrogen) atoms. The Morgan fingerprint density at radius 3 is 2.76 bits per heavy atom. The third-order valence-corrected chi connectivity index (χ3v) is 3.54. The van der Waals surface area contributed by atoms with Gasteiger partial charge in [0.15, 0.2) is 11.5 Å². The van der Waals surface area contributed by atoms with Gasteiger partial charge in [0.25, 0.3) is 0 Å². The molecular formula is C15H21NO5. The van der Waals surface area contributed by atoms with E-state index < -0.39 is 11.5 Å². The van der Waals surface area contributed by atoms with E-state index in [9.17, 15) is 9.90 Å². The van der Waals surface area contributed by atoms with E-state index in [0.717, 1.165) is 6.42 Å². The van der Waals surface area contributed by atoms with Crippen LogP contribution in [0.2, 0.25) is 0 Å². The van der Waals surface area contributed by atoms with E-state index in [-0.39, 0.29) is 0 Å². The Balaban J connectivity index is 2.28. The van der Waals surface area contributed by atoms with Crippen LogP contribution in [0.3, 0.4) is 0 Å². The van der Waals surface area contributed by atoms with Crippen molar-refractivity contribution in [3.05, 3.63) is 23.8 Å². The van der Waals surface area contributed by atoms with Crippen molar-refractivity contribution in [1.82, 2.24) is 5.32 Å². The second kappa shape index (κ2) is 6.78. The summed E-state index contributed by atoms with van der Waals surface area (Å²) in [7, 11) is 1.58. The zero-order chi connectivity index (χ0) is 15.3. The molecule has 1 aliphatic heterocycles. The number of hydrogen-bond acceptors (Lipinski definition) is 5. The van der Waals surface area contributed by atoms with Crippen molar-refractivity contribution in [2.75, 3.05) is 33.5 Å². The molecule has 6 heteroatoms. The smallest absolute Gasteiger partial charge is 0.328 e. The van der Waals surface area contributed by atoms with E-state index in [2.05, 4.69) is 5.32 Å². The Morgan fingerprint density at radius 2 is 2.10 bits per heavy atom. The van der Waals surface area contributed by atoms with Crippen molar-refractivity contribution < 1.29 is 24.1 Å². The van der Waals surface area contributed by atoms with Crippen molar-refractivity contribution in [3.63, 3.8) is 0 Å². The van der Waals surface area contributed by atoms with Gasteiger partial charge in [-0.2, -0.15) is 0 Å². The lowest BCUT2D eigenvalue weighted by molar-refractivity contribution is -0.144. The molecule has 2 N–H and O–H groups in total. The van der Waals surface area contributed by atoms with Crippen molar-refractivity contribution in [2.45, 2.75) is 18.9 Å². The lowest BCUT2D eigenvalue weighted by Gasteiger charge is -2.27. The summed E-state index contributed by atoms with van der Waals surface area (Å²) >= 11 is 0. The SMILES string of the molecule is COCCNC(C)(C(=O)O)c1ccc2c(c1)OCCCO2. The number of ether oxygens (including phenoxy) is 3. The second-order valence-corrected chi connectivity index (χ2v) is 5.06. The van der Waals surface area contributed by atoms with E-state index in [1.807, 2.05) is 0 Å². The molecule has 6 nitrogen and oxygen atoms in total. The number of carboxylic acids is 1. The number of hydrogen-bond donors (Lipinski definition) is 2. The second-order valence-electron chi connectivity index (χ2n) is 5.06. The maximum Gasteiger partial charge on any atom is 0.328 e. The summed E-state index contributed by atoms with van der Waals surface area (Å²) in [4.78, 5) is 11.7. The maximum atomic E-state index is 11.7. The van der Waals surface area contributed by atoms with Crippen LogP contribution in [0.15, 0.2) is 18.2 Å². The summed E-state index contributed by atoms with van der Waals surface area (Å²) in [5, 5.41) is 12.6. The lowest BCUT2D eigenvalue weighted by Crippen LogP contribution is -2.47. The number of rotatable bonds is 6. The van der Waals surface area contributed by atoms with Crippen molar-refractivity contribution >= 4 is 5.97 Å². The molecule has 0 bridgehead atoms. The van der Waals surface area contributed by atoms with Crippen LogP contribution in [0.4, 0.5) is 0 Å². The van der Waals surface area contributed by atoms with Gasteiger partial charge in [0, 0.05) is 20.1 Å². The number of fused-ring (bicyclic) bond motifs is 1. The van der Waals surface area contributed by atoms with Crippen LogP contribution in [0, 0.1) is 0 Å². The molecule has 1 atom stereocenters. The summed E-state index contributed by atoms with van der Waals surface area (Å²) in [5.74, 6) is 0.292. The molecule has 1 aromatic rings. The third kappa shape index (κ3) is 3.46. The third-order valence-electron chi connectivity index (χ3n) is 3.54. The summed E-state index contributed by atoms with van der Waals surface area (Å²) < 4.78 is 16.1. The molecule has 2 rings (SSSR count). The Labute approximate surface area is 124 Å². The highest BCUT2D eigenvalue weighted by molar-refractivity contribution is 5.80. The van der Waals surface area contributed by atoms with Gasteiger partial charge in [0.1, 0.15) is 5.54 Å². The first-order valence-electron chi connectivity index (χ1n) is 6.95. The molecule has 0 aromatic heterocycles. The van der Waals surface area contributed by atoms with Gasteiger partial charge in [-0.05, 0) is 24.6 Å². The van der Waals surface area contributed by atoms with E-state index in [1.54, 1.807) is 32.2 Å².